The Labute approximate surface area is 190 Å². The highest BCUT2D eigenvalue weighted by atomic mass is 16.7. The Hall–Kier alpha value is -2.61. The van der Waals surface area contributed by atoms with Gasteiger partial charge in [0.1, 0.15) is 6.61 Å². The highest BCUT2D eigenvalue weighted by molar-refractivity contribution is 6.56. The van der Waals surface area contributed by atoms with Crippen molar-refractivity contribution in [2.24, 2.45) is 0 Å². The first-order valence-electron chi connectivity index (χ1n) is 10.8. The van der Waals surface area contributed by atoms with Crippen molar-refractivity contribution in [2.45, 2.75) is 59.0 Å². The Balaban J connectivity index is 1.76. The van der Waals surface area contributed by atoms with Gasteiger partial charge in [-0.2, -0.15) is 0 Å². The molecule has 1 saturated heterocycles. The number of ether oxygens (including phenoxy) is 1. The summed E-state index contributed by atoms with van der Waals surface area (Å²) in [6.45, 7) is 10.3. The van der Waals surface area contributed by atoms with Gasteiger partial charge in [0.05, 0.1) is 17.8 Å². The van der Waals surface area contributed by atoms with Gasteiger partial charge in [-0.05, 0) is 68.4 Å². The summed E-state index contributed by atoms with van der Waals surface area (Å²) >= 11 is 0. The molecule has 6 nitrogen and oxygen atoms in total. The summed E-state index contributed by atoms with van der Waals surface area (Å²) in [6.07, 6.45) is 1.41. The molecular weight excluding hydrogens is 405 g/mol. The minimum atomic E-state index is -0.617. The van der Waals surface area contributed by atoms with Gasteiger partial charge in [-0.1, -0.05) is 48.5 Å². The molecule has 0 aliphatic carbocycles. The molecule has 3 rings (SSSR count). The summed E-state index contributed by atoms with van der Waals surface area (Å²) in [5.41, 5.74) is 3.42. The largest absolute Gasteiger partial charge is 0.492 e. The van der Waals surface area contributed by atoms with Crippen LogP contribution in [0.3, 0.4) is 0 Å². The van der Waals surface area contributed by atoms with E-state index in [9.17, 15) is 9.90 Å². The quantitative estimate of drug-likeness (QED) is 0.627. The number of carbonyl (C=O) groups excluding carboxylic acids is 1. The number of rotatable bonds is 7. The number of carbonyl (C=O) groups is 1. The maximum atomic E-state index is 12.3. The van der Waals surface area contributed by atoms with Crippen LogP contribution in [0.5, 0.6) is 0 Å². The average Bonchev–Trinajstić information content (AvgIpc) is 2.98. The van der Waals surface area contributed by atoms with Crippen molar-refractivity contribution in [1.82, 2.24) is 5.32 Å². The first-order valence-corrected chi connectivity index (χ1v) is 10.8. The molecule has 0 aromatic heterocycles. The van der Waals surface area contributed by atoms with Crippen molar-refractivity contribution in [2.75, 3.05) is 6.54 Å². The topological polar surface area (TPSA) is 77.0 Å². The molecule has 0 bridgehead atoms. The third-order valence-electron chi connectivity index (χ3n) is 6.10. The Morgan fingerprint density at radius 1 is 1.09 bits per heavy atom. The van der Waals surface area contributed by atoms with Gasteiger partial charge in [-0.3, -0.25) is 0 Å². The van der Waals surface area contributed by atoms with Crippen molar-refractivity contribution < 1.29 is 23.9 Å². The number of alkyl carbamates (subject to hydrolysis) is 1. The second kappa shape index (κ2) is 9.90. The van der Waals surface area contributed by atoms with E-state index in [1.54, 1.807) is 0 Å². The second-order valence-corrected chi connectivity index (χ2v) is 9.07. The van der Waals surface area contributed by atoms with E-state index < -0.39 is 24.4 Å². The summed E-state index contributed by atoms with van der Waals surface area (Å²) in [6, 6.07) is 15.4. The molecule has 1 amide bonds. The lowest BCUT2D eigenvalue weighted by Crippen LogP contribution is -2.41. The molecule has 170 valence electrons. The first-order chi connectivity index (χ1) is 15.1. The van der Waals surface area contributed by atoms with E-state index in [1.807, 2.05) is 89.2 Å². The van der Waals surface area contributed by atoms with E-state index in [0.29, 0.717) is 0 Å². The summed E-state index contributed by atoms with van der Waals surface area (Å²) in [7, 11) is -0.617. The van der Waals surface area contributed by atoms with Gasteiger partial charge in [0.25, 0.3) is 0 Å². The van der Waals surface area contributed by atoms with Crippen LogP contribution in [0.2, 0.25) is 0 Å². The van der Waals surface area contributed by atoms with Gasteiger partial charge in [-0.15, -0.1) is 0 Å². The monoisotopic (exact) mass is 437 g/mol. The van der Waals surface area contributed by atoms with Crippen molar-refractivity contribution in [3.63, 3.8) is 0 Å². The van der Waals surface area contributed by atoms with Crippen LogP contribution >= 0.6 is 0 Å². The molecule has 2 aromatic carbocycles. The van der Waals surface area contributed by atoms with Crippen LogP contribution in [-0.2, 0) is 27.3 Å². The molecule has 7 heteroatoms. The first kappa shape index (κ1) is 24.0. The predicted molar refractivity (Wildman–Crippen MR) is 126 cm³/mol. The predicted octanol–water partition coefficient (Wildman–Crippen LogP) is 4.43. The lowest BCUT2D eigenvalue weighted by atomic mass is 9.77. The Kier molecular flexibility index (Phi) is 7.44. The van der Waals surface area contributed by atoms with Crippen molar-refractivity contribution in [3.05, 3.63) is 76.3 Å². The summed E-state index contributed by atoms with van der Waals surface area (Å²) < 4.78 is 17.8. The molecule has 2 N–H and O–H groups in total. The number of hydrogen-bond acceptors (Lipinski definition) is 5. The highest BCUT2D eigenvalue weighted by Crippen LogP contribution is 2.38. The smallest absolute Gasteiger partial charge is 0.445 e. The van der Waals surface area contributed by atoms with Gasteiger partial charge < -0.3 is 24.5 Å². The zero-order valence-corrected chi connectivity index (χ0v) is 19.5. The summed E-state index contributed by atoms with van der Waals surface area (Å²) in [5.74, 6) is 0. The van der Waals surface area contributed by atoms with Crippen molar-refractivity contribution in [3.8, 4) is 0 Å². The van der Waals surface area contributed by atoms with Crippen LogP contribution in [0.25, 0.3) is 6.08 Å². The number of benzene rings is 2. The van der Waals surface area contributed by atoms with Crippen LogP contribution in [-0.4, -0.2) is 36.1 Å². The van der Waals surface area contributed by atoms with Gasteiger partial charge in [0.2, 0.25) is 0 Å². The fourth-order valence-electron chi connectivity index (χ4n) is 3.31. The molecule has 1 aliphatic rings. The van der Waals surface area contributed by atoms with Crippen LogP contribution in [0.4, 0.5) is 4.79 Å². The zero-order chi connectivity index (χ0) is 23.4. The van der Waals surface area contributed by atoms with Crippen molar-refractivity contribution in [1.29, 1.82) is 0 Å². The van der Waals surface area contributed by atoms with Gasteiger partial charge in [0.15, 0.2) is 0 Å². The Morgan fingerprint density at radius 2 is 1.75 bits per heavy atom. The maximum absolute atomic E-state index is 12.3. The molecule has 1 heterocycles. The van der Waals surface area contributed by atoms with Gasteiger partial charge >= 0.3 is 13.2 Å². The lowest BCUT2D eigenvalue weighted by Gasteiger charge is -2.32. The van der Waals surface area contributed by atoms with E-state index >= 15 is 0 Å². The fraction of sp³-hybridized carbons (Fsp3) is 0.400. The third-order valence-corrected chi connectivity index (χ3v) is 6.10. The number of aryl methyl sites for hydroxylation is 1. The molecule has 0 saturated carbocycles. The van der Waals surface area contributed by atoms with E-state index in [0.717, 1.165) is 27.7 Å². The summed E-state index contributed by atoms with van der Waals surface area (Å²) in [4.78, 5) is 12.3. The number of aliphatic hydroxyl groups is 1. The normalized spacial score (nSPS) is 17.3. The number of hydrogen-bond donors (Lipinski definition) is 2. The minimum absolute atomic E-state index is 0.0383. The summed E-state index contributed by atoms with van der Waals surface area (Å²) in [5, 5.41) is 12.4. The second-order valence-electron chi connectivity index (χ2n) is 9.07. The minimum Gasteiger partial charge on any atom is -0.445 e. The van der Waals surface area contributed by atoms with Crippen LogP contribution < -0.4 is 5.32 Å². The molecule has 32 heavy (non-hydrogen) atoms. The van der Waals surface area contributed by atoms with E-state index in [4.69, 9.17) is 14.0 Å². The molecule has 0 unspecified atom stereocenters. The molecule has 1 fully saturated rings. The van der Waals surface area contributed by atoms with Crippen molar-refractivity contribution >= 4 is 19.3 Å². The van der Waals surface area contributed by atoms with E-state index in [-0.39, 0.29) is 19.8 Å². The maximum Gasteiger partial charge on any atom is 0.492 e. The lowest BCUT2D eigenvalue weighted by molar-refractivity contribution is 0.00578. The fourth-order valence-corrected chi connectivity index (χ4v) is 3.31. The van der Waals surface area contributed by atoms with Crippen LogP contribution in [0.15, 0.2) is 54.0 Å². The number of amides is 1. The standard InChI is InChI=1S/C25H32BNO5/c1-18-11-12-20(13-21(18)16-28)14-22(26-31-24(2,3)25(4,5)32-26)15-27-23(29)30-17-19-9-7-6-8-10-19/h6-14,28H,15-17H2,1-5H3,(H,27,29). The molecule has 0 radical (unpaired) electrons. The Bertz CT molecular complexity index is 956. The molecule has 0 atom stereocenters. The molecule has 0 spiro atoms. The SMILES string of the molecule is Cc1ccc(C=C(CNC(=O)OCc2ccccc2)B2OC(C)(C)C(C)(C)O2)cc1CO. The van der Waals surface area contributed by atoms with Crippen LogP contribution in [0, 0.1) is 6.92 Å². The van der Waals surface area contributed by atoms with Crippen LogP contribution in [0.1, 0.15) is 49.9 Å². The third kappa shape index (κ3) is 5.79. The molecule has 2 aromatic rings. The average molecular weight is 437 g/mol. The van der Waals surface area contributed by atoms with E-state index in [2.05, 4.69) is 5.32 Å². The molecule has 1 aliphatic heterocycles. The number of nitrogens with one attached hydrogen (secondary N) is 1. The van der Waals surface area contributed by atoms with Gasteiger partial charge in [-0.25, -0.2) is 4.79 Å². The van der Waals surface area contributed by atoms with E-state index in [1.165, 1.54) is 0 Å². The number of aliphatic hydroxyl groups excluding tert-OH is 1. The zero-order valence-electron chi connectivity index (χ0n) is 19.5. The van der Waals surface area contributed by atoms with Gasteiger partial charge in [0, 0.05) is 6.54 Å². The highest BCUT2D eigenvalue weighted by Gasteiger charge is 2.52. The molecular formula is C25H32BNO5. The Morgan fingerprint density at radius 3 is 2.38 bits per heavy atom.